The van der Waals surface area contributed by atoms with E-state index in [0.717, 1.165) is 23.5 Å². The Bertz CT molecular complexity index is 382. The minimum Gasteiger partial charge on any atom is -0.313 e. The maximum absolute atomic E-state index is 4.11. The van der Waals surface area contributed by atoms with Gasteiger partial charge in [0.05, 0.1) is 6.04 Å². The molecule has 0 radical (unpaired) electrons. The maximum atomic E-state index is 4.11. The Morgan fingerprint density at radius 2 is 1.89 bits per heavy atom. The van der Waals surface area contributed by atoms with Crippen LogP contribution in [-0.2, 0) is 0 Å². The van der Waals surface area contributed by atoms with Crippen molar-refractivity contribution in [2.45, 2.75) is 68.6 Å². The van der Waals surface area contributed by atoms with Gasteiger partial charge >= 0.3 is 0 Å². The number of hydrogen-bond donors (Lipinski definition) is 1. The van der Waals surface area contributed by atoms with Gasteiger partial charge < -0.3 is 5.32 Å². The van der Waals surface area contributed by atoms with E-state index in [1.807, 2.05) is 4.68 Å². The van der Waals surface area contributed by atoms with Crippen molar-refractivity contribution in [3.05, 3.63) is 0 Å². The molecule has 5 nitrogen and oxygen atoms in total. The van der Waals surface area contributed by atoms with Gasteiger partial charge in [0.2, 0.25) is 5.16 Å². The molecule has 19 heavy (non-hydrogen) atoms. The molecule has 106 valence electrons. The lowest BCUT2D eigenvalue weighted by Crippen LogP contribution is -2.30. The predicted molar refractivity (Wildman–Crippen MR) is 76.3 cm³/mol. The first-order chi connectivity index (χ1) is 9.43. The molecule has 0 unspecified atom stereocenters. The van der Waals surface area contributed by atoms with Gasteiger partial charge in [0.25, 0.3) is 0 Å². The summed E-state index contributed by atoms with van der Waals surface area (Å²) in [6, 6.07) is 1.31. The predicted octanol–water partition coefficient (Wildman–Crippen LogP) is 2.41. The number of nitrogens with zero attached hydrogens (tertiary/aromatic N) is 4. The average molecular weight is 281 g/mol. The Balaban J connectivity index is 1.37. The molecule has 0 atom stereocenters. The van der Waals surface area contributed by atoms with E-state index in [2.05, 4.69) is 20.8 Å². The second-order valence-electron chi connectivity index (χ2n) is 5.63. The first-order valence-corrected chi connectivity index (χ1v) is 8.56. The van der Waals surface area contributed by atoms with Crippen molar-refractivity contribution >= 4 is 11.8 Å². The smallest absolute Gasteiger partial charge is 0.209 e. The Morgan fingerprint density at radius 1 is 1.11 bits per heavy atom. The third-order valence-corrected chi connectivity index (χ3v) is 4.91. The zero-order chi connectivity index (χ0) is 12.9. The molecule has 2 aliphatic rings. The molecule has 2 fully saturated rings. The summed E-state index contributed by atoms with van der Waals surface area (Å²) in [4.78, 5) is 0. The zero-order valence-electron chi connectivity index (χ0n) is 11.4. The van der Waals surface area contributed by atoms with Crippen LogP contribution in [0, 0.1) is 0 Å². The third kappa shape index (κ3) is 3.92. The molecule has 2 saturated carbocycles. The van der Waals surface area contributed by atoms with E-state index in [1.165, 1.54) is 51.4 Å². The Morgan fingerprint density at radius 3 is 2.63 bits per heavy atom. The lowest BCUT2D eigenvalue weighted by molar-refractivity contribution is 0.474. The van der Waals surface area contributed by atoms with Crippen LogP contribution in [0.3, 0.4) is 0 Å². The molecule has 1 aromatic heterocycles. The van der Waals surface area contributed by atoms with Gasteiger partial charge in [0.1, 0.15) is 0 Å². The van der Waals surface area contributed by atoms with Gasteiger partial charge in [0.15, 0.2) is 0 Å². The monoisotopic (exact) mass is 281 g/mol. The quantitative estimate of drug-likeness (QED) is 0.493. The maximum Gasteiger partial charge on any atom is 0.209 e. The van der Waals surface area contributed by atoms with Crippen molar-refractivity contribution in [1.82, 2.24) is 25.5 Å². The molecule has 0 saturated heterocycles. The summed E-state index contributed by atoms with van der Waals surface area (Å²) < 4.78 is 2.00. The molecule has 0 aliphatic heterocycles. The highest BCUT2D eigenvalue weighted by atomic mass is 32.2. The van der Waals surface area contributed by atoms with Crippen LogP contribution >= 0.6 is 11.8 Å². The minimum atomic E-state index is 0.576. The van der Waals surface area contributed by atoms with Crippen LogP contribution in [-0.4, -0.2) is 38.5 Å². The molecule has 1 aromatic rings. The van der Waals surface area contributed by atoms with Crippen molar-refractivity contribution < 1.29 is 0 Å². The Hall–Kier alpha value is -0.620. The van der Waals surface area contributed by atoms with E-state index in [1.54, 1.807) is 11.8 Å². The van der Waals surface area contributed by atoms with E-state index < -0.39 is 0 Å². The van der Waals surface area contributed by atoms with Crippen LogP contribution in [0.1, 0.15) is 57.4 Å². The molecular formula is C13H23N5S. The second-order valence-corrected chi connectivity index (χ2v) is 6.69. The fraction of sp³-hybridized carbons (Fsp3) is 0.923. The van der Waals surface area contributed by atoms with Gasteiger partial charge in [0, 0.05) is 18.3 Å². The van der Waals surface area contributed by atoms with E-state index in [4.69, 9.17) is 0 Å². The van der Waals surface area contributed by atoms with E-state index in [-0.39, 0.29) is 0 Å². The largest absolute Gasteiger partial charge is 0.313 e. The first-order valence-electron chi connectivity index (χ1n) is 7.57. The molecule has 6 heteroatoms. The lowest BCUT2D eigenvalue weighted by atomic mass is 10.1. The number of rotatable bonds is 6. The minimum absolute atomic E-state index is 0.576. The first kappa shape index (κ1) is 13.4. The lowest BCUT2D eigenvalue weighted by Gasteiger charge is -2.15. The molecule has 3 rings (SSSR count). The molecule has 2 aliphatic carbocycles. The Labute approximate surface area is 118 Å². The molecule has 0 spiro atoms. The van der Waals surface area contributed by atoms with Crippen molar-refractivity contribution in [2.75, 3.05) is 12.3 Å². The van der Waals surface area contributed by atoms with Gasteiger partial charge in [-0.15, -0.1) is 5.10 Å². The van der Waals surface area contributed by atoms with Crippen molar-refractivity contribution in [1.29, 1.82) is 0 Å². The summed E-state index contributed by atoms with van der Waals surface area (Å²) in [6.45, 7) is 1.06. The summed E-state index contributed by atoms with van der Waals surface area (Å²) in [5, 5.41) is 16.7. The van der Waals surface area contributed by atoms with Crippen molar-refractivity contribution in [3.63, 3.8) is 0 Å². The van der Waals surface area contributed by atoms with Crippen molar-refractivity contribution in [3.8, 4) is 0 Å². The summed E-state index contributed by atoms with van der Waals surface area (Å²) >= 11 is 1.78. The molecule has 1 heterocycles. The molecular weight excluding hydrogens is 258 g/mol. The van der Waals surface area contributed by atoms with Crippen molar-refractivity contribution in [2.24, 2.45) is 0 Å². The van der Waals surface area contributed by atoms with Gasteiger partial charge in [-0.25, -0.2) is 4.68 Å². The van der Waals surface area contributed by atoms with Gasteiger partial charge in [-0.2, -0.15) is 0 Å². The van der Waals surface area contributed by atoms with E-state index in [0.29, 0.717) is 6.04 Å². The number of hydrogen-bond acceptors (Lipinski definition) is 5. The topological polar surface area (TPSA) is 55.6 Å². The van der Waals surface area contributed by atoms with Gasteiger partial charge in [-0.05, 0) is 36.1 Å². The Kier molecular flexibility index (Phi) is 4.71. The molecule has 1 N–H and O–H groups in total. The highest BCUT2D eigenvalue weighted by molar-refractivity contribution is 7.99. The summed E-state index contributed by atoms with van der Waals surface area (Å²) in [5.41, 5.74) is 0. The van der Waals surface area contributed by atoms with Crippen LogP contribution in [0.5, 0.6) is 0 Å². The summed E-state index contributed by atoms with van der Waals surface area (Å²) in [5.74, 6) is 1.06. The average Bonchev–Trinajstić information content (AvgIpc) is 3.21. The highest BCUT2D eigenvalue weighted by Crippen LogP contribution is 2.36. The van der Waals surface area contributed by atoms with Crippen LogP contribution in [0.25, 0.3) is 0 Å². The number of tetrazole rings is 1. The van der Waals surface area contributed by atoms with E-state index >= 15 is 0 Å². The fourth-order valence-corrected chi connectivity index (χ4v) is 3.53. The number of nitrogens with one attached hydrogen (secondary N) is 1. The second kappa shape index (κ2) is 6.70. The van der Waals surface area contributed by atoms with E-state index in [9.17, 15) is 0 Å². The summed E-state index contributed by atoms with van der Waals surface area (Å²) in [7, 11) is 0. The highest BCUT2D eigenvalue weighted by Gasteiger charge is 2.27. The van der Waals surface area contributed by atoms with Gasteiger partial charge in [-0.3, -0.25) is 0 Å². The fourth-order valence-electron chi connectivity index (χ4n) is 2.72. The van der Waals surface area contributed by atoms with Gasteiger partial charge in [-0.1, -0.05) is 37.4 Å². The van der Waals surface area contributed by atoms with Crippen LogP contribution in [0.15, 0.2) is 5.16 Å². The molecule has 0 aromatic carbocycles. The molecule has 0 amide bonds. The van der Waals surface area contributed by atoms with Crippen LogP contribution in [0.4, 0.5) is 0 Å². The normalized spacial score (nSPS) is 21.5. The third-order valence-electron chi connectivity index (χ3n) is 3.98. The molecule has 0 bridgehead atoms. The summed E-state index contributed by atoms with van der Waals surface area (Å²) in [6.07, 6.45) is 10.8. The zero-order valence-corrected chi connectivity index (χ0v) is 12.2. The number of aromatic nitrogens is 4. The number of thioether (sulfide) groups is 1. The standard InChI is InChI=1S/C13H23N5S/c1-2-4-6-11(5-3-1)14-9-10-19-13-15-16-17-18(13)12-7-8-12/h11-12,14H,1-10H2. The van der Waals surface area contributed by atoms with Crippen LogP contribution in [0.2, 0.25) is 0 Å². The SMILES string of the molecule is C1CCCC(NCCSc2nnnn2C2CC2)CC1. The van der Waals surface area contributed by atoms with Crippen LogP contribution < -0.4 is 5.32 Å².